The molecule has 1 aromatic rings. The van der Waals surface area contributed by atoms with Crippen molar-refractivity contribution in [2.75, 3.05) is 13.1 Å². The normalized spacial score (nSPS) is 23.8. The molecular weight excluding hydrogens is 368 g/mol. The van der Waals surface area contributed by atoms with Gasteiger partial charge in [0.25, 0.3) is 5.56 Å². The van der Waals surface area contributed by atoms with Crippen LogP contribution in [-0.2, 0) is 17.6 Å². The summed E-state index contributed by atoms with van der Waals surface area (Å²) in [4.78, 5) is 32.1. The van der Waals surface area contributed by atoms with Gasteiger partial charge in [-0.3, -0.25) is 9.59 Å². The van der Waals surface area contributed by atoms with Gasteiger partial charge in [-0.05, 0) is 57.5 Å². The number of H-pyrrole nitrogens is 1. The number of halogens is 1. The molecule has 27 heavy (non-hydrogen) atoms. The van der Waals surface area contributed by atoms with Crippen LogP contribution in [0.4, 0.5) is 0 Å². The number of carbonyl (C=O) groups excluding carboxylic acids is 1. The molecule has 1 amide bonds. The molecule has 0 spiro atoms. The van der Waals surface area contributed by atoms with Crippen LogP contribution in [0, 0.1) is 18.8 Å². The molecule has 0 aromatic carbocycles. The third-order valence-corrected chi connectivity index (χ3v) is 5.82. The average Bonchev–Trinajstić information content (AvgIpc) is 2.61. The number of hydrogen-bond acceptors (Lipinski definition) is 5. The highest BCUT2D eigenvalue weighted by Gasteiger charge is 2.39. The summed E-state index contributed by atoms with van der Waals surface area (Å²) in [6.45, 7) is 5.64. The monoisotopic (exact) mass is 398 g/mol. The van der Waals surface area contributed by atoms with Crippen LogP contribution in [0.1, 0.15) is 49.7 Å². The van der Waals surface area contributed by atoms with Gasteiger partial charge in [0.05, 0.1) is 12.5 Å². The number of aliphatic hydroxyl groups is 1. The van der Waals surface area contributed by atoms with Crippen molar-refractivity contribution in [3.05, 3.63) is 27.4 Å². The number of aliphatic hydroxyl groups excluding tert-OH is 1. The lowest BCUT2D eigenvalue weighted by Crippen LogP contribution is -2.53. The van der Waals surface area contributed by atoms with Crippen LogP contribution in [0.25, 0.3) is 0 Å². The Morgan fingerprint density at radius 2 is 1.96 bits per heavy atom. The summed E-state index contributed by atoms with van der Waals surface area (Å²) in [5.74, 6) is 1.27. The highest BCUT2D eigenvalue weighted by Crippen LogP contribution is 2.35. The van der Waals surface area contributed by atoms with Crippen molar-refractivity contribution in [1.82, 2.24) is 20.6 Å². The first-order valence-electron chi connectivity index (χ1n) is 9.74. The summed E-state index contributed by atoms with van der Waals surface area (Å²) in [5.41, 5.74) is 0.845. The molecule has 1 atom stereocenters. The van der Waals surface area contributed by atoms with Gasteiger partial charge >= 0.3 is 0 Å². The lowest BCUT2D eigenvalue weighted by atomic mass is 9.71. The van der Waals surface area contributed by atoms with Crippen molar-refractivity contribution in [3.8, 4) is 0 Å². The third-order valence-electron chi connectivity index (χ3n) is 5.82. The van der Waals surface area contributed by atoms with Crippen molar-refractivity contribution < 1.29 is 9.90 Å². The van der Waals surface area contributed by atoms with Crippen molar-refractivity contribution >= 4 is 18.3 Å². The predicted octanol–water partition coefficient (Wildman–Crippen LogP) is 0.860. The molecule has 3 rings (SSSR count). The van der Waals surface area contributed by atoms with Crippen LogP contribution >= 0.6 is 12.4 Å². The van der Waals surface area contributed by atoms with Gasteiger partial charge in [-0.25, -0.2) is 4.98 Å². The van der Waals surface area contributed by atoms with Crippen LogP contribution in [0.2, 0.25) is 0 Å². The first-order chi connectivity index (χ1) is 12.5. The molecule has 4 N–H and O–H groups in total. The van der Waals surface area contributed by atoms with Crippen LogP contribution in [0.5, 0.6) is 0 Å². The molecule has 2 fully saturated rings. The Kier molecular flexibility index (Phi) is 7.82. The molecule has 1 unspecified atom stereocenters. The fourth-order valence-corrected chi connectivity index (χ4v) is 4.19. The number of aryl methyl sites for hydroxylation is 2. The number of carbonyl (C=O) groups is 1. The van der Waals surface area contributed by atoms with Gasteiger partial charge in [-0.1, -0.05) is 6.92 Å². The van der Waals surface area contributed by atoms with Gasteiger partial charge < -0.3 is 20.7 Å². The van der Waals surface area contributed by atoms with E-state index in [1.165, 1.54) is 0 Å². The second-order valence-electron chi connectivity index (χ2n) is 7.67. The first-order valence-corrected chi connectivity index (χ1v) is 9.74. The third kappa shape index (κ3) is 5.30. The highest BCUT2D eigenvalue weighted by atomic mass is 35.5. The smallest absolute Gasteiger partial charge is 0.254 e. The van der Waals surface area contributed by atoms with Gasteiger partial charge in [0, 0.05) is 23.7 Å². The average molecular weight is 399 g/mol. The SMILES string of the molecule is CCc1nc(C)c(CC(=O)NC(C2CCNCC2)C2CC(O)C2)c(=O)[nH]1.Cl. The van der Waals surface area contributed by atoms with Crippen molar-refractivity contribution in [3.63, 3.8) is 0 Å². The van der Waals surface area contributed by atoms with Gasteiger partial charge in [0.1, 0.15) is 5.82 Å². The molecule has 152 valence electrons. The summed E-state index contributed by atoms with van der Waals surface area (Å²) in [7, 11) is 0. The second kappa shape index (κ2) is 9.66. The number of nitrogens with one attached hydrogen (secondary N) is 3. The number of rotatable bonds is 6. The van der Waals surface area contributed by atoms with E-state index in [0.717, 1.165) is 38.8 Å². The van der Waals surface area contributed by atoms with Gasteiger partial charge in [0.15, 0.2) is 0 Å². The fourth-order valence-electron chi connectivity index (χ4n) is 4.19. The minimum Gasteiger partial charge on any atom is -0.393 e. The molecule has 1 saturated heterocycles. The maximum Gasteiger partial charge on any atom is 0.254 e. The Balaban J connectivity index is 0.00000261. The Bertz CT molecular complexity index is 697. The van der Waals surface area contributed by atoms with Crippen LogP contribution in [-0.4, -0.2) is 46.2 Å². The summed E-state index contributed by atoms with van der Waals surface area (Å²) in [5, 5.41) is 16.2. The van der Waals surface area contributed by atoms with Crippen LogP contribution in [0.15, 0.2) is 4.79 Å². The number of hydrogen-bond donors (Lipinski definition) is 4. The van der Waals surface area contributed by atoms with E-state index in [1.807, 2.05) is 6.92 Å². The highest BCUT2D eigenvalue weighted by molar-refractivity contribution is 5.85. The van der Waals surface area contributed by atoms with E-state index in [1.54, 1.807) is 6.92 Å². The molecule has 7 nitrogen and oxygen atoms in total. The van der Waals surface area contributed by atoms with Gasteiger partial charge in [-0.15, -0.1) is 12.4 Å². The number of nitrogens with zero attached hydrogens (tertiary/aromatic N) is 1. The zero-order valence-electron chi connectivity index (χ0n) is 16.1. The Morgan fingerprint density at radius 3 is 2.52 bits per heavy atom. The lowest BCUT2D eigenvalue weighted by Gasteiger charge is -2.43. The molecule has 0 bridgehead atoms. The topological polar surface area (TPSA) is 107 Å². The quantitative estimate of drug-likeness (QED) is 0.568. The summed E-state index contributed by atoms with van der Waals surface area (Å²) < 4.78 is 0. The number of aromatic amines is 1. The lowest BCUT2D eigenvalue weighted by molar-refractivity contribution is -0.123. The van der Waals surface area contributed by atoms with E-state index >= 15 is 0 Å². The second-order valence-corrected chi connectivity index (χ2v) is 7.67. The zero-order valence-corrected chi connectivity index (χ0v) is 16.9. The maximum atomic E-state index is 12.7. The maximum absolute atomic E-state index is 12.7. The first kappa shape index (κ1) is 21.9. The van der Waals surface area contributed by atoms with Crippen molar-refractivity contribution in [1.29, 1.82) is 0 Å². The van der Waals surface area contributed by atoms with E-state index in [-0.39, 0.29) is 42.4 Å². The fraction of sp³-hybridized carbons (Fsp3) is 0.737. The molecule has 1 saturated carbocycles. The van der Waals surface area contributed by atoms with E-state index in [9.17, 15) is 14.7 Å². The number of piperidine rings is 1. The summed E-state index contributed by atoms with van der Waals surface area (Å²) in [6, 6.07) is 0.0789. The summed E-state index contributed by atoms with van der Waals surface area (Å²) in [6.07, 6.45) is 4.03. The molecule has 0 radical (unpaired) electrons. The molecule has 2 heterocycles. The van der Waals surface area contributed by atoms with E-state index < -0.39 is 0 Å². The minimum atomic E-state index is -0.239. The molecule has 8 heteroatoms. The zero-order chi connectivity index (χ0) is 18.7. The Morgan fingerprint density at radius 1 is 1.30 bits per heavy atom. The Labute approximate surface area is 166 Å². The number of amides is 1. The van der Waals surface area contributed by atoms with E-state index in [0.29, 0.717) is 35.3 Å². The largest absolute Gasteiger partial charge is 0.393 e. The predicted molar refractivity (Wildman–Crippen MR) is 106 cm³/mol. The molecule has 2 aliphatic rings. The molecular formula is C19H31ClN4O3. The summed E-state index contributed by atoms with van der Waals surface area (Å²) >= 11 is 0. The van der Waals surface area contributed by atoms with E-state index in [2.05, 4.69) is 20.6 Å². The van der Waals surface area contributed by atoms with Crippen molar-refractivity contribution in [2.45, 2.75) is 64.5 Å². The van der Waals surface area contributed by atoms with Crippen LogP contribution in [0.3, 0.4) is 0 Å². The van der Waals surface area contributed by atoms with Crippen LogP contribution < -0.4 is 16.2 Å². The molecule has 1 aromatic heterocycles. The standard InChI is InChI=1S/C19H30N4O3.ClH/c1-3-16-21-11(2)15(19(26)22-16)10-17(25)23-18(13-8-14(24)9-13)12-4-6-20-7-5-12;/h12-14,18,20,24H,3-10H2,1-2H3,(H,23,25)(H,21,22,26);1H. The molecule has 1 aliphatic carbocycles. The van der Waals surface area contributed by atoms with E-state index in [4.69, 9.17) is 0 Å². The van der Waals surface area contributed by atoms with Crippen molar-refractivity contribution in [2.24, 2.45) is 11.8 Å². The van der Waals surface area contributed by atoms with Gasteiger partial charge in [-0.2, -0.15) is 0 Å². The Hall–Kier alpha value is -1.44. The minimum absolute atomic E-state index is 0. The van der Waals surface area contributed by atoms with Gasteiger partial charge in [0.2, 0.25) is 5.91 Å². The number of aromatic nitrogens is 2. The molecule has 1 aliphatic heterocycles.